The van der Waals surface area contributed by atoms with Crippen molar-refractivity contribution < 1.29 is 0 Å². The Kier molecular flexibility index (Phi) is 5.14. The van der Waals surface area contributed by atoms with Crippen LogP contribution in [0.25, 0.3) is 0 Å². The van der Waals surface area contributed by atoms with Crippen LogP contribution in [0.4, 0.5) is 0 Å². The Morgan fingerprint density at radius 1 is 1.62 bits per heavy atom. The van der Waals surface area contributed by atoms with Crippen molar-refractivity contribution in [2.75, 3.05) is 32.9 Å². The van der Waals surface area contributed by atoms with E-state index in [1.165, 1.54) is 32.5 Å². The average molecular weight is 202 g/mol. The minimum Gasteiger partial charge on any atom is -0.316 e. The Hall–Kier alpha value is 0.270. The molecule has 78 valence electrons. The van der Waals surface area contributed by atoms with Crippen LogP contribution < -0.4 is 5.32 Å². The predicted molar refractivity (Wildman–Crippen MR) is 61.5 cm³/mol. The van der Waals surface area contributed by atoms with Crippen molar-refractivity contribution in [1.82, 2.24) is 10.2 Å². The van der Waals surface area contributed by atoms with E-state index < -0.39 is 0 Å². The first-order chi connectivity index (χ1) is 6.26. The average Bonchev–Trinajstić information content (AvgIpc) is 2.61. The molecule has 2 unspecified atom stereocenters. The lowest BCUT2D eigenvalue weighted by Gasteiger charge is -2.17. The van der Waals surface area contributed by atoms with Crippen LogP contribution in [0.1, 0.15) is 19.8 Å². The summed E-state index contributed by atoms with van der Waals surface area (Å²) in [5.74, 6) is 0. The van der Waals surface area contributed by atoms with Crippen LogP contribution in [0.3, 0.4) is 0 Å². The first-order valence-corrected chi connectivity index (χ1v) is 6.47. The van der Waals surface area contributed by atoms with E-state index in [0.717, 1.165) is 11.3 Å². The monoisotopic (exact) mass is 202 g/mol. The Labute approximate surface area is 86.5 Å². The molecular weight excluding hydrogens is 180 g/mol. The van der Waals surface area contributed by atoms with Crippen molar-refractivity contribution >= 4 is 11.8 Å². The van der Waals surface area contributed by atoms with Crippen LogP contribution in [0.2, 0.25) is 0 Å². The van der Waals surface area contributed by atoms with Crippen molar-refractivity contribution in [2.24, 2.45) is 0 Å². The minimum absolute atomic E-state index is 0.740. The molecule has 3 heteroatoms. The van der Waals surface area contributed by atoms with Crippen LogP contribution in [0.5, 0.6) is 0 Å². The van der Waals surface area contributed by atoms with E-state index in [1.807, 2.05) is 11.8 Å². The first kappa shape index (κ1) is 11.3. The largest absolute Gasteiger partial charge is 0.316 e. The van der Waals surface area contributed by atoms with Gasteiger partial charge in [0.2, 0.25) is 0 Å². The summed E-state index contributed by atoms with van der Waals surface area (Å²) in [6.07, 6.45) is 4.85. The van der Waals surface area contributed by atoms with E-state index in [0.29, 0.717) is 0 Å². The maximum Gasteiger partial charge on any atom is 0.0204 e. The summed E-state index contributed by atoms with van der Waals surface area (Å²) >= 11 is 1.97. The van der Waals surface area contributed by atoms with Crippen LogP contribution in [-0.2, 0) is 0 Å². The third-order valence-corrected chi connectivity index (χ3v) is 3.98. The Morgan fingerprint density at radius 2 is 2.38 bits per heavy atom. The van der Waals surface area contributed by atoms with Gasteiger partial charge >= 0.3 is 0 Å². The van der Waals surface area contributed by atoms with E-state index in [2.05, 4.69) is 30.4 Å². The molecule has 1 aliphatic rings. The molecule has 0 radical (unpaired) electrons. The number of nitrogens with zero attached hydrogens (tertiary/aromatic N) is 1. The van der Waals surface area contributed by atoms with Gasteiger partial charge in [0, 0.05) is 17.8 Å². The topological polar surface area (TPSA) is 15.3 Å². The summed E-state index contributed by atoms with van der Waals surface area (Å²) in [7, 11) is 2.07. The number of nitrogens with one attached hydrogen (secondary N) is 1. The van der Waals surface area contributed by atoms with E-state index in [-0.39, 0.29) is 0 Å². The quantitative estimate of drug-likeness (QED) is 0.726. The third kappa shape index (κ3) is 3.88. The van der Waals surface area contributed by atoms with Gasteiger partial charge in [-0.05, 0) is 39.2 Å². The zero-order chi connectivity index (χ0) is 9.68. The van der Waals surface area contributed by atoms with Gasteiger partial charge < -0.3 is 10.2 Å². The van der Waals surface area contributed by atoms with Crippen molar-refractivity contribution in [3.8, 4) is 0 Å². The molecule has 1 rings (SSSR count). The van der Waals surface area contributed by atoms with E-state index in [1.54, 1.807) is 0 Å². The molecule has 0 spiro atoms. The molecule has 13 heavy (non-hydrogen) atoms. The fourth-order valence-corrected chi connectivity index (χ4v) is 2.09. The van der Waals surface area contributed by atoms with Crippen LogP contribution in [-0.4, -0.2) is 49.1 Å². The molecule has 0 aromatic rings. The van der Waals surface area contributed by atoms with Crippen LogP contribution in [0, 0.1) is 0 Å². The van der Waals surface area contributed by atoms with Crippen molar-refractivity contribution in [2.45, 2.75) is 31.1 Å². The molecule has 1 aliphatic heterocycles. The van der Waals surface area contributed by atoms with E-state index in [4.69, 9.17) is 0 Å². The standard InChI is InChI=1S/C10H22N2S/c1-9(13-3)4-6-12-7-5-10(8-12)11-2/h9-11H,4-8H2,1-3H3. The van der Waals surface area contributed by atoms with Crippen molar-refractivity contribution in [3.63, 3.8) is 0 Å². The van der Waals surface area contributed by atoms with Gasteiger partial charge in [0.05, 0.1) is 0 Å². The van der Waals surface area contributed by atoms with Gasteiger partial charge in [0.25, 0.3) is 0 Å². The zero-order valence-electron chi connectivity index (χ0n) is 9.05. The van der Waals surface area contributed by atoms with E-state index in [9.17, 15) is 0 Å². The molecule has 0 bridgehead atoms. The molecule has 0 saturated carbocycles. The van der Waals surface area contributed by atoms with Crippen molar-refractivity contribution in [3.05, 3.63) is 0 Å². The normalized spacial score (nSPS) is 26.5. The van der Waals surface area contributed by atoms with Gasteiger partial charge in [0.1, 0.15) is 0 Å². The highest BCUT2D eigenvalue weighted by molar-refractivity contribution is 7.99. The second-order valence-corrected chi connectivity index (χ2v) is 5.19. The molecule has 0 amide bonds. The van der Waals surface area contributed by atoms with Gasteiger partial charge in [-0.3, -0.25) is 0 Å². The molecule has 1 saturated heterocycles. The number of hydrogen-bond donors (Lipinski definition) is 1. The predicted octanol–water partition coefficient (Wildman–Crippen LogP) is 1.42. The molecule has 0 aromatic heterocycles. The SMILES string of the molecule is CNC1CCN(CCC(C)SC)C1. The summed E-state index contributed by atoms with van der Waals surface area (Å²) in [6.45, 7) is 6.13. The molecular formula is C10H22N2S. The van der Waals surface area contributed by atoms with Gasteiger partial charge in [0.15, 0.2) is 0 Å². The molecule has 2 nitrogen and oxygen atoms in total. The van der Waals surface area contributed by atoms with Gasteiger partial charge in [-0.2, -0.15) is 11.8 Å². The third-order valence-electron chi connectivity index (χ3n) is 2.93. The van der Waals surface area contributed by atoms with E-state index >= 15 is 0 Å². The molecule has 1 N–H and O–H groups in total. The van der Waals surface area contributed by atoms with Gasteiger partial charge in [-0.1, -0.05) is 6.92 Å². The maximum atomic E-state index is 3.35. The summed E-state index contributed by atoms with van der Waals surface area (Å²) in [6, 6.07) is 0.740. The Bertz CT molecular complexity index is 141. The zero-order valence-corrected chi connectivity index (χ0v) is 9.86. The Balaban J connectivity index is 2.10. The Morgan fingerprint density at radius 3 is 2.92 bits per heavy atom. The van der Waals surface area contributed by atoms with Gasteiger partial charge in [-0.15, -0.1) is 0 Å². The fraction of sp³-hybridized carbons (Fsp3) is 1.00. The highest BCUT2D eigenvalue weighted by Gasteiger charge is 2.20. The number of rotatable bonds is 5. The maximum absolute atomic E-state index is 3.35. The summed E-state index contributed by atoms with van der Waals surface area (Å²) < 4.78 is 0. The molecule has 2 atom stereocenters. The fourth-order valence-electron chi connectivity index (χ4n) is 1.75. The lowest BCUT2D eigenvalue weighted by atomic mass is 10.3. The molecule has 0 aliphatic carbocycles. The number of likely N-dealkylation sites (tertiary alicyclic amines) is 1. The van der Waals surface area contributed by atoms with Crippen molar-refractivity contribution in [1.29, 1.82) is 0 Å². The second kappa shape index (κ2) is 5.89. The molecule has 0 aromatic carbocycles. The first-order valence-electron chi connectivity index (χ1n) is 5.18. The number of hydrogen-bond acceptors (Lipinski definition) is 3. The highest BCUT2D eigenvalue weighted by atomic mass is 32.2. The summed E-state index contributed by atoms with van der Waals surface area (Å²) in [5.41, 5.74) is 0. The number of likely N-dealkylation sites (N-methyl/N-ethyl adjacent to an activating group) is 1. The molecule has 1 heterocycles. The second-order valence-electron chi connectivity index (χ2n) is 3.91. The highest BCUT2D eigenvalue weighted by Crippen LogP contribution is 2.13. The summed E-state index contributed by atoms with van der Waals surface area (Å²) in [5, 5.41) is 4.16. The lowest BCUT2D eigenvalue weighted by molar-refractivity contribution is 0.325. The van der Waals surface area contributed by atoms with Gasteiger partial charge in [-0.25, -0.2) is 0 Å². The van der Waals surface area contributed by atoms with Crippen LogP contribution >= 0.6 is 11.8 Å². The number of thioether (sulfide) groups is 1. The summed E-state index contributed by atoms with van der Waals surface area (Å²) in [4.78, 5) is 2.58. The smallest absolute Gasteiger partial charge is 0.0204 e. The molecule has 1 fully saturated rings. The minimum atomic E-state index is 0.740. The van der Waals surface area contributed by atoms with Crippen LogP contribution in [0.15, 0.2) is 0 Å². The lowest BCUT2D eigenvalue weighted by Crippen LogP contribution is -2.30.